The summed E-state index contributed by atoms with van der Waals surface area (Å²) in [6.07, 6.45) is 5.03. The Bertz CT molecular complexity index is 1000. The summed E-state index contributed by atoms with van der Waals surface area (Å²) in [6, 6.07) is 0. The Morgan fingerprint density at radius 3 is 0.818 bits per heavy atom. The van der Waals surface area contributed by atoms with Crippen molar-refractivity contribution >= 4 is 34.0 Å². The van der Waals surface area contributed by atoms with Crippen molar-refractivity contribution in [2.75, 3.05) is 0 Å². The predicted molar refractivity (Wildman–Crippen MR) is 85.1 cm³/mol. The van der Waals surface area contributed by atoms with Crippen molar-refractivity contribution in [2.45, 2.75) is 0 Å². The quantitative estimate of drug-likeness (QED) is 0.340. The second-order valence-electron chi connectivity index (χ2n) is 3.91. The van der Waals surface area contributed by atoms with Crippen LogP contribution >= 0.6 is 34.0 Å². The van der Waals surface area contributed by atoms with Crippen LogP contribution in [0.2, 0.25) is 0 Å². The van der Waals surface area contributed by atoms with Gasteiger partial charge in [-0.1, -0.05) is 0 Å². The van der Waals surface area contributed by atoms with Crippen LogP contribution in [0.5, 0.6) is 0 Å². The maximum Gasteiger partial charge on any atom is 0.279 e. The lowest BCUT2D eigenvalue weighted by Crippen LogP contribution is -1.97. The monoisotopic (exact) mass is 428 g/mol. The van der Waals surface area contributed by atoms with Crippen molar-refractivity contribution in [1.82, 2.24) is 19.9 Å². The largest absolute Gasteiger partial charge is 0.279 e. The summed E-state index contributed by atoms with van der Waals surface area (Å²) in [4.78, 5) is 56.5. The molecule has 4 aliphatic rings. The minimum atomic E-state index is -0.371. The van der Waals surface area contributed by atoms with Gasteiger partial charge in [0.05, 0.1) is 20.9 Å². The van der Waals surface area contributed by atoms with Crippen LogP contribution in [-0.2, 0) is 0 Å². The van der Waals surface area contributed by atoms with E-state index in [4.69, 9.17) is 0 Å². The van der Waals surface area contributed by atoms with Crippen LogP contribution in [0, 0.1) is 20.9 Å². The summed E-state index contributed by atoms with van der Waals surface area (Å²) in [5.74, 6) is 0. The molecule has 22 heavy (non-hydrogen) atoms. The van der Waals surface area contributed by atoms with Gasteiger partial charge in [0.15, 0.2) is 0 Å². The molecule has 0 radical (unpaired) electrons. The Hall–Kier alpha value is -2.20. The molecule has 0 aromatic carbocycles. The minimum Gasteiger partial charge on any atom is -0.267 e. The summed E-state index contributed by atoms with van der Waals surface area (Å²) in [5, 5.41) is 1.30. The average molecular weight is 430 g/mol. The third-order valence-electron chi connectivity index (χ3n) is 2.75. The van der Waals surface area contributed by atoms with E-state index in [1.807, 2.05) is 0 Å². The highest BCUT2D eigenvalue weighted by Gasteiger charge is 2.01. The third kappa shape index (κ3) is 2.88. The van der Waals surface area contributed by atoms with Gasteiger partial charge < -0.3 is 0 Å². The molecule has 0 saturated heterocycles. The molecule has 4 aliphatic heterocycles. The first-order valence-electron chi connectivity index (χ1n) is 5.40. The fourth-order valence-electron chi connectivity index (χ4n) is 1.73. The zero-order valence-electron chi connectivity index (χ0n) is 10.5. The number of rotatable bonds is 0. The number of hydrogen-bond acceptors (Lipinski definition) is 8. The van der Waals surface area contributed by atoms with Crippen molar-refractivity contribution < 1.29 is 0 Å². The molecule has 10 heteroatoms. The lowest BCUT2D eigenvalue weighted by molar-refractivity contribution is 1.23. The number of aromatic nitrogens is 4. The van der Waals surface area contributed by atoms with E-state index in [2.05, 4.69) is 19.9 Å². The Balaban J connectivity index is 0.000000202. The van der Waals surface area contributed by atoms with Crippen LogP contribution in [-0.4, -0.2) is 19.9 Å². The fourth-order valence-corrected chi connectivity index (χ4v) is 1.73. The van der Waals surface area contributed by atoms with E-state index in [1.54, 1.807) is 0 Å². The fraction of sp³-hybridized carbons (Fsp3) is 0. The zero-order valence-corrected chi connectivity index (χ0v) is 14.0. The highest BCUT2D eigenvalue weighted by atomic mass is 79.9. The van der Waals surface area contributed by atoms with Gasteiger partial charge in [0.2, 0.25) is 0 Å². The van der Waals surface area contributed by atoms with Crippen LogP contribution in [0.4, 0.5) is 0 Å². The zero-order chi connectivity index (χ0) is 14.3. The van der Waals surface area contributed by atoms with Crippen molar-refractivity contribution in [3.8, 4) is 0 Å². The molecule has 0 aromatic rings. The summed E-state index contributed by atoms with van der Waals surface area (Å²) >= 11 is 0. The molecule has 0 unspecified atom stereocenters. The first-order valence-corrected chi connectivity index (χ1v) is 5.40. The Morgan fingerprint density at radius 2 is 0.636 bits per heavy atom. The molecule has 0 amide bonds. The molecule has 0 fully saturated rings. The molecule has 0 bridgehead atoms. The SMILES string of the molecule is Br.Br.O=c1ncc2c(=O)ncc1=2.O=c1ncc2c(=O)ncc1=2. The first kappa shape index (κ1) is 17.9. The van der Waals surface area contributed by atoms with Gasteiger partial charge in [0, 0.05) is 24.8 Å². The Kier molecular flexibility index (Phi) is 5.44. The van der Waals surface area contributed by atoms with Crippen molar-refractivity contribution in [2.24, 2.45) is 0 Å². The lowest BCUT2D eigenvalue weighted by atomic mass is 10.4. The molecule has 8 nitrogen and oxygen atoms in total. The molecule has 4 rings (SSSR count). The van der Waals surface area contributed by atoms with Crippen LogP contribution in [0.1, 0.15) is 0 Å². The van der Waals surface area contributed by atoms with Crippen molar-refractivity contribution in [3.63, 3.8) is 0 Å². The number of halogens is 2. The smallest absolute Gasteiger partial charge is 0.267 e. The Labute approximate surface area is 141 Å². The van der Waals surface area contributed by atoms with Gasteiger partial charge in [0.1, 0.15) is 0 Å². The number of nitrogens with zero attached hydrogens (tertiary/aromatic N) is 4. The predicted octanol–water partition coefficient (Wildman–Crippen LogP) is -1.25. The lowest BCUT2D eigenvalue weighted by Gasteiger charge is -1.58. The summed E-state index contributed by atoms with van der Waals surface area (Å²) in [6.45, 7) is 0. The minimum absolute atomic E-state index is 0. The molecule has 4 heterocycles. The van der Waals surface area contributed by atoms with Gasteiger partial charge in [-0.05, 0) is 0 Å². The second kappa shape index (κ2) is 6.71. The van der Waals surface area contributed by atoms with E-state index in [0.29, 0.717) is 20.9 Å². The van der Waals surface area contributed by atoms with Gasteiger partial charge in [0.25, 0.3) is 22.2 Å². The molecule has 0 aromatic heterocycles. The van der Waals surface area contributed by atoms with Gasteiger partial charge in [-0.15, -0.1) is 34.0 Å². The summed E-state index contributed by atoms with van der Waals surface area (Å²) < 4.78 is 0. The maximum absolute atomic E-state index is 10.7. The normalized spacial score (nSPS) is 9.82. The van der Waals surface area contributed by atoms with Crippen LogP contribution < -0.4 is 22.2 Å². The number of hydrogen-bond donors (Lipinski definition) is 0. The third-order valence-corrected chi connectivity index (χ3v) is 2.75. The van der Waals surface area contributed by atoms with Gasteiger partial charge in [-0.2, -0.15) is 0 Å². The standard InChI is InChI=1S/2C6H2N2O2.2BrH/c2*9-5-3-1-7-6(10)4(3)2-8-5;;/h2*1-2H;2*1H. The van der Waals surface area contributed by atoms with Gasteiger partial charge >= 0.3 is 0 Å². The van der Waals surface area contributed by atoms with Crippen molar-refractivity contribution in [1.29, 1.82) is 0 Å². The first-order chi connectivity index (χ1) is 9.58. The average Bonchev–Trinajstić information content (AvgIpc) is 3.13. The second-order valence-corrected chi connectivity index (χ2v) is 3.91. The van der Waals surface area contributed by atoms with E-state index < -0.39 is 0 Å². The van der Waals surface area contributed by atoms with Crippen LogP contribution in [0.25, 0.3) is 0 Å². The van der Waals surface area contributed by atoms with Gasteiger partial charge in [-0.3, -0.25) is 19.2 Å². The summed E-state index contributed by atoms with van der Waals surface area (Å²) in [7, 11) is 0. The maximum atomic E-state index is 10.7. The Morgan fingerprint density at radius 1 is 0.455 bits per heavy atom. The molecule has 0 spiro atoms. The highest BCUT2D eigenvalue weighted by molar-refractivity contribution is 8.93. The molecule has 0 atom stereocenters. The van der Waals surface area contributed by atoms with E-state index in [0.717, 1.165) is 0 Å². The molecular formula is C12H6Br2N4O4. The van der Waals surface area contributed by atoms with Gasteiger partial charge in [-0.25, -0.2) is 19.9 Å². The highest BCUT2D eigenvalue weighted by Crippen LogP contribution is 1.82. The molecule has 0 aliphatic carbocycles. The van der Waals surface area contributed by atoms with E-state index >= 15 is 0 Å². The van der Waals surface area contributed by atoms with Crippen LogP contribution in [0.3, 0.4) is 0 Å². The van der Waals surface area contributed by atoms with Crippen LogP contribution in [0.15, 0.2) is 44.0 Å². The van der Waals surface area contributed by atoms with E-state index in [1.165, 1.54) is 24.8 Å². The summed E-state index contributed by atoms with van der Waals surface area (Å²) in [5.41, 5.74) is -1.48. The van der Waals surface area contributed by atoms with E-state index in [9.17, 15) is 19.2 Å². The molecule has 0 N–H and O–H groups in total. The van der Waals surface area contributed by atoms with Crippen molar-refractivity contribution in [3.05, 3.63) is 87.1 Å². The topological polar surface area (TPSA) is 120 Å². The molecular weight excluding hydrogens is 424 g/mol. The van der Waals surface area contributed by atoms with E-state index in [-0.39, 0.29) is 56.2 Å². The molecule has 112 valence electrons. The molecule has 0 saturated carbocycles.